The monoisotopic (exact) mass is 163 g/mol. The fraction of sp³-hybridized carbons (Fsp3) is 0.667. The Balaban J connectivity index is 4.55. The van der Waals surface area contributed by atoms with E-state index in [1.807, 2.05) is 0 Å². The first-order valence-corrected chi connectivity index (χ1v) is 4.81. The molecule has 0 aliphatic rings. The van der Waals surface area contributed by atoms with Crippen molar-refractivity contribution in [3.05, 3.63) is 11.8 Å². The second-order valence-corrected chi connectivity index (χ2v) is 4.17. The van der Waals surface area contributed by atoms with Crippen LogP contribution in [0.1, 0.15) is 13.8 Å². The van der Waals surface area contributed by atoms with Gasteiger partial charge in [-0.15, -0.1) is 0 Å². The van der Waals surface area contributed by atoms with Crippen LogP contribution in [-0.4, -0.2) is 26.0 Å². The predicted molar refractivity (Wildman–Crippen MR) is 42.0 cm³/mol. The van der Waals surface area contributed by atoms with Gasteiger partial charge in [-0.2, -0.15) is 0 Å². The Bertz CT molecular complexity index is 228. The lowest BCUT2D eigenvalue weighted by atomic mass is 10.5. The first-order valence-electron chi connectivity index (χ1n) is 2.96. The molecule has 0 saturated carbocycles. The summed E-state index contributed by atoms with van der Waals surface area (Å²) in [6.45, 7) is 3.55. The maximum atomic E-state index is 10.8. The molecule has 0 aromatic heterocycles. The average Bonchev–Trinajstić information content (AvgIpc) is 1.83. The maximum Gasteiger partial charge on any atom is 0.231 e. The maximum absolute atomic E-state index is 10.8. The molecule has 0 aliphatic carbocycles. The summed E-state index contributed by atoms with van der Waals surface area (Å²) >= 11 is 0. The molecule has 0 aromatic rings. The highest BCUT2D eigenvalue weighted by atomic mass is 32.2. The summed E-state index contributed by atoms with van der Waals surface area (Å²) < 4.78 is 22.9. The number of nitrogens with zero attached hydrogens (tertiary/aromatic N) is 1. The van der Waals surface area contributed by atoms with Crippen LogP contribution in [0, 0.1) is 0 Å². The normalized spacial score (nSPS) is 13.4. The van der Waals surface area contributed by atoms with Crippen molar-refractivity contribution in [2.24, 2.45) is 0 Å². The van der Waals surface area contributed by atoms with E-state index in [0.717, 1.165) is 5.70 Å². The molecule has 0 N–H and O–H groups in total. The van der Waals surface area contributed by atoms with E-state index in [2.05, 4.69) is 0 Å². The van der Waals surface area contributed by atoms with Crippen molar-refractivity contribution in [3.63, 3.8) is 0 Å². The molecule has 0 spiro atoms. The van der Waals surface area contributed by atoms with Gasteiger partial charge >= 0.3 is 0 Å². The second kappa shape index (κ2) is 3.05. The van der Waals surface area contributed by atoms with Gasteiger partial charge in [0, 0.05) is 12.7 Å². The van der Waals surface area contributed by atoms with Crippen molar-refractivity contribution in [1.82, 2.24) is 4.31 Å². The predicted octanol–water partition coefficient (Wildman–Crippen LogP) is 0.802. The highest BCUT2D eigenvalue weighted by Crippen LogP contribution is 2.03. The fourth-order valence-electron chi connectivity index (χ4n) is 0.443. The van der Waals surface area contributed by atoms with Crippen LogP contribution in [0.2, 0.25) is 0 Å². The molecule has 0 bridgehead atoms. The molecule has 0 saturated heterocycles. The molecule has 3 nitrogen and oxygen atoms in total. The Morgan fingerprint density at radius 3 is 2.00 bits per heavy atom. The first kappa shape index (κ1) is 9.49. The molecule has 0 amide bonds. The third-order valence-electron chi connectivity index (χ3n) is 1.41. The fourth-order valence-corrected chi connectivity index (χ4v) is 1.07. The summed E-state index contributed by atoms with van der Waals surface area (Å²) in [6, 6.07) is 0. The smallest absolute Gasteiger partial charge is 0.231 e. The molecule has 0 heterocycles. The summed E-state index contributed by atoms with van der Waals surface area (Å²) in [5.41, 5.74) is 0.738. The summed E-state index contributed by atoms with van der Waals surface area (Å²) in [4.78, 5) is 0. The third-order valence-corrected chi connectivity index (χ3v) is 2.69. The highest BCUT2D eigenvalue weighted by Gasteiger charge is 2.08. The van der Waals surface area contributed by atoms with Gasteiger partial charge in [0.05, 0.1) is 6.26 Å². The zero-order chi connectivity index (χ0) is 8.36. The summed E-state index contributed by atoms with van der Waals surface area (Å²) in [6.07, 6.45) is 2.93. The largest absolute Gasteiger partial charge is 0.278 e. The summed E-state index contributed by atoms with van der Waals surface area (Å²) in [7, 11) is -1.52. The van der Waals surface area contributed by atoms with Crippen LogP contribution in [0.25, 0.3) is 0 Å². The van der Waals surface area contributed by atoms with Gasteiger partial charge in [0.2, 0.25) is 10.0 Å². The molecule has 0 radical (unpaired) electrons. The van der Waals surface area contributed by atoms with Crippen LogP contribution in [0.3, 0.4) is 0 Å². The van der Waals surface area contributed by atoms with Gasteiger partial charge in [0.1, 0.15) is 0 Å². The van der Waals surface area contributed by atoms with Crippen LogP contribution in [0.4, 0.5) is 0 Å². The van der Waals surface area contributed by atoms with Gasteiger partial charge in [-0.25, -0.2) is 8.42 Å². The number of hydrogen-bond donors (Lipinski definition) is 0. The molecule has 60 valence electrons. The quantitative estimate of drug-likeness (QED) is 0.604. The van der Waals surface area contributed by atoms with E-state index >= 15 is 0 Å². The van der Waals surface area contributed by atoms with Crippen molar-refractivity contribution in [2.45, 2.75) is 13.8 Å². The van der Waals surface area contributed by atoms with Crippen molar-refractivity contribution < 1.29 is 8.42 Å². The molecule has 0 aliphatic heterocycles. The average molecular weight is 163 g/mol. The van der Waals surface area contributed by atoms with Crippen molar-refractivity contribution in [3.8, 4) is 0 Å². The van der Waals surface area contributed by atoms with Crippen LogP contribution in [0.5, 0.6) is 0 Å². The van der Waals surface area contributed by atoms with Gasteiger partial charge in [-0.05, 0) is 13.8 Å². The Hall–Kier alpha value is -0.510. The minimum Gasteiger partial charge on any atom is -0.278 e. The van der Waals surface area contributed by atoms with Gasteiger partial charge in [-0.1, -0.05) is 6.08 Å². The molecule has 4 heteroatoms. The minimum absolute atomic E-state index is 0.738. The molecular weight excluding hydrogens is 150 g/mol. The minimum atomic E-state index is -3.05. The standard InChI is InChI=1S/C6H13NO2S/c1-5-6(2)7(3)10(4,8)9/h5H,1-4H3/b6-5+. The van der Waals surface area contributed by atoms with Crippen LogP contribution in [-0.2, 0) is 10.0 Å². The molecule has 10 heavy (non-hydrogen) atoms. The lowest BCUT2D eigenvalue weighted by Crippen LogP contribution is -2.23. The van der Waals surface area contributed by atoms with E-state index in [1.54, 1.807) is 19.9 Å². The van der Waals surface area contributed by atoms with Crippen molar-refractivity contribution in [1.29, 1.82) is 0 Å². The van der Waals surface area contributed by atoms with E-state index in [9.17, 15) is 8.42 Å². The lowest BCUT2D eigenvalue weighted by Gasteiger charge is -2.15. The van der Waals surface area contributed by atoms with Crippen LogP contribution >= 0.6 is 0 Å². The van der Waals surface area contributed by atoms with Crippen molar-refractivity contribution >= 4 is 10.0 Å². The number of rotatable bonds is 2. The van der Waals surface area contributed by atoms with E-state index < -0.39 is 10.0 Å². The molecule has 0 rings (SSSR count). The SMILES string of the molecule is C/C=C(\C)N(C)S(C)(=O)=O. The van der Waals surface area contributed by atoms with Gasteiger partial charge < -0.3 is 0 Å². The number of hydrogen-bond acceptors (Lipinski definition) is 2. The Morgan fingerprint density at radius 2 is 1.90 bits per heavy atom. The van der Waals surface area contributed by atoms with E-state index in [-0.39, 0.29) is 0 Å². The lowest BCUT2D eigenvalue weighted by molar-refractivity contribution is 0.530. The summed E-state index contributed by atoms with van der Waals surface area (Å²) in [5, 5.41) is 0. The summed E-state index contributed by atoms with van der Waals surface area (Å²) in [5.74, 6) is 0. The van der Waals surface area contributed by atoms with E-state index in [0.29, 0.717) is 0 Å². The molecule has 0 fully saturated rings. The zero-order valence-corrected chi connectivity index (χ0v) is 7.57. The van der Waals surface area contributed by atoms with E-state index in [1.165, 1.54) is 17.6 Å². The van der Waals surface area contributed by atoms with Gasteiger partial charge in [-0.3, -0.25) is 4.31 Å². The van der Waals surface area contributed by atoms with Crippen LogP contribution < -0.4 is 0 Å². The molecule has 0 aromatic carbocycles. The molecule has 0 unspecified atom stereocenters. The topological polar surface area (TPSA) is 37.4 Å². The zero-order valence-electron chi connectivity index (χ0n) is 6.75. The Kier molecular flexibility index (Phi) is 2.90. The van der Waals surface area contributed by atoms with Crippen molar-refractivity contribution in [2.75, 3.05) is 13.3 Å². The second-order valence-electron chi connectivity index (χ2n) is 2.16. The Labute approximate surface area is 62.4 Å². The van der Waals surface area contributed by atoms with Gasteiger partial charge in [0.25, 0.3) is 0 Å². The number of allylic oxidation sites excluding steroid dienone is 2. The molecule has 0 atom stereocenters. The third kappa shape index (κ3) is 2.39. The molecular formula is C6H13NO2S. The first-order chi connectivity index (χ1) is 4.39. The Morgan fingerprint density at radius 1 is 1.50 bits per heavy atom. The number of sulfonamides is 1. The highest BCUT2D eigenvalue weighted by molar-refractivity contribution is 7.88. The van der Waals surface area contributed by atoms with Crippen LogP contribution in [0.15, 0.2) is 11.8 Å². The van der Waals surface area contributed by atoms with E-state index in [4.69, 9.17) is 0 Å². The van der Waals surface area contributed by atoms with Gasteiger partial charge in [0.15, 0.2) is 0 Å².